The van der Waals surface area contributed by atoms with E-state index in [1.807, 2.05) is 0 Å². The summed E-state index contributed by atoms with van der Waals surface area (Å²) in [6.45, 7) is 3.95. The van der Waals surface area contributed by atoms with Crippen molar-refractivity contribution in [1.29, 1.82) is 0 Å². The lowest BCUT2D eigenvalue weighted by Gasteiger charge is -2.25. The van der Waals surface area contributed by atoms with E-state index in [1.165, 1.54) is 19.3 Å². The summed E-state index contributed by atoms with van der Waals surface area (Å²) in [7, 11) is 0. The second kappa shape index (κ2) is 6.05. The Bertz CT molecular complexity index is 366. The SMILES string of the molecule is CCCNc1ncc(Cl)c(NCC2CCC2)n1. The van der Waals surface area contributed by atoms with Crippen molar-refractivity contribution < 1.29 is 0 Å². The molecule has 0 atom stereocenters. The van der Waals surface area contributed by atoms with Gasteiger partial charge in [0.15, 0.2) is 0 Å². The van der Waals surface area contributed by atoms with E-state index in [2.05, 4.69) is 27.5 Å². The van der Waals surface area contributed by atoms with E-state index >= 15 is 0 Å². The predicted octanol–water partition coefficient (Wildman–Crippen LogP) is 3.16. The highest BCUT2D eigenvalue weighted by atomic mass is 35.5. The Balaban J connectivity index is 1.93. The van der Waals surface area contributed by atoms with Gasteiger partial charge in [-0.25, -0.2) is 4.98 Å². The molecule has 5 heteroatoms. The summed E-state index contributed by atoms with van der Waals surface area (Å²) in [5.41, 5.74) is 0. The van der Waals surface area contributed by atoms with Gasteiger partial charge in [-0.15, -0.1) is 0 Å². The van der Waals surface area contributed by atoms with Crippen molar-refractivity contribution in [2.45, 2.75) is 32.6 Å². The first-order chi connectivity index (χ1) is 8.29. The van der Waals surface area contributed by atoms with Gasteiger partial charge >= 0.3 is 0 Å². The minimum atomic E-state index is 0.589. The fourth-order valence-corrected chi connectivity index (χ4v) is 1.91. The average Bonchev–Trinajstić information content (AvgIpc) is 2.27. The van der Waals surface area contributed by atoms with Crippen LogP contribution in [0.4, 0.5) is 11.8 Å². The van der Waals surface area contributed by atoms with Crippen LogP contribution in [0.25, 0.3) is 0 Å². The molecule has 0 radical (unpaired) electrons. The van der Waals surface area contributed by atoms with Gasteiger partial charge in [0.2, 0.25) is 5.95 Å². The first-order valence-corrected chi connectivity index (χ1v) is 6.67. The van der Waals surface area contributed by atoms with Crippen LogP contribution < -0.4 is 10.6 Å². The zero-order valence-electron chi connectivity index (χ0n) is 10.2. The summed E-state index contributed by atoms with van der Waals surface area (Å²) >= 11 is 6.06. The highest BCUT2D eigenvalue weighted by Gasteiger charge is 2.17. The van der Waals surface area contributed by atoms with Crippen LogP contribution >= 0.6 is 11.6 Å². The maximum atomic E-state index is 6.06. The van der Waals surface area contributed by atoms with Crippen LogP contribution in [0.15, 0.2) is 6.20 Å². The number of nitrogens with zero attached hydrogens (tertiary/aromatic N) is 2. The summed E-state index contributed by atoms with van der Waals surface area (Å²) in [4.78, 5) is 8.52. The molecule has 2 N–H and O–H groups in total. The first-order valence-electron chi connectivity index (χ1n) is 6.30. The Morgan fingerprint density at radius 2 is 2.24 bits per heavy atom. The molecule has 1 aliphatic carbocycles. The van der Waals surface area contributed by atoms with E-state index in [1.54, 1.807) is 6.20 Å². The van der Waals surface area contributed by atoms with Gasteiger partial charge in [0, 0.05) is 13.1 Å². The number of nitrogens with one attached hydrogen (secondary N) is 2. The van der Waals surface area contributed by atoms with Crippen molar-refractivity contribution in [3.8, 4) is 0 Å². The molecule has 1 fully saturated rings. The summed E-state index contributed by atoms with van der Waals surface area (Å²) in [6, 6.07) is 0. The van der Waals surface area contributed by atoms with Gasteiger partial charge in [-0.05, 0) is 25.2 Å². The standard InChI is InChI=1S/C12H19ClN4/c1-2-6-14-12-16-8-10(13)11(17-12)15-7-9-4-3-5-9/h8-9H,2-7H2,1H3,(H2,14,15,16,17). The highest BCUT2D eigenvalue weighted by molar-refractivity contribution is 6.32. The monoisotopic (exact) mass is 254 g/mol. The summed E-state index contributed by atoms with van der Waals surface area (Å²) in [6.07, 6.45) is 6.69. The molecule has 0 spiro atoms. The Hall–Kier alpha value is -1.03. The van der Waals surface area contributed by atoms with Crippen molar-refractivity contribution in [2.75, 3.05) is 23.7 Å². The molecule has 0 aliphatic heterocycles. The van der Waals surface area contributed by atoms with E-state index in [9.17, 15) is 0 Å². The number of hydrogen-bond donors (Lipinski definition) is 2. The topological polar surface area (TPSA) is 49.8 Å². The highest BCUT2D eigenvalue weighted by Crippen LogP contribution is 2.27. The maximum absolute atomic E-state index is 6.06. The van der Waals surface area contributed by atoms with Gasteiger partial charge in [0.25, 0.3) is 0 Å². The van der Waals surface area contributed by atoms with Crippen LogP contribution in [-0.4, -0.2) is 23.1 Å². The van der Waals surface area contributed by atoms with Gasteiger partial charge in [0.05, 0.1) is 6.20 Å². The molecule has 0 aromatic carbocycles. The minimum absolute atomic E-state index is 0.589. The molecular formula is C12H19ClN4. The van der Waals surface area contributed by atoms with Crippen LogP contribution in [0.3, 0.4) is 0 Å². The lowest BCUT2D eigenvalue weighted by atomic mass is 9.85. The van der Waals surface area contributed by atoms with Crippen molar-refractivity contribution in [3.05, 3.63) is 11.2 Å². The van der Waals surface area contributed by atoms with Gasteiger partial charge < -0.3 is 10.6 Å². The summed E-state index contributed by atoms with van der Waals surface area (Å²) in [5, 5.41) is 7.05. The summed E-state index contributed by atoms with van der Waals surface area (Å²) in [5.74, 6) is 2.17. The molecule has 17 heavy (non-hydrogen) atoms. The zero-order chi connectivity index (χ0) is 12.1. The van der Waals surface area contributed by atoms with Gasteiger partial charge in [-0.3, -0.25) is 0 Å². The quantitative estimate of drug-likeness (QED) is 0.819. The Kier molecular flexibility index (Phi) is 4.42. The molecule has 1 aromatic heterocycles. The molecule has 1 aliphatic rings. The smallest absolute Gasteiger partial charge is 0.224 e. The number of aromatic nitrogens is 2. The molecule has 1 aromatic rings. The molecule has 94 valence electrons. The summed E-state index contributed by atoms with van der Waals surface area (Å²) < 4.78 is 0. The molecule has 4 nitrogen and oxygen atoms in total. The molecule has 0 amide bonds. The molecule has 0 unspecified atom stereocenters. The third-order valence-electron chi connectivity index (χ3n) is 3.06. The number of hydrogen-bond acceptors (Lipinski definition) is 4. The van der Waals surface area contributed by atoms with Crippen molar-refractivity contribution in [2.24, 2.45) is 5.92 Å². The molecule has 1 saturated carbocycles. The van der Waals surface area contributed by atoms with Gasteiger partial charge in [0.1, 0.15) is 10.8 Å². The van der Waals surface area contributed by atoms with Gasteiger partial charge in [-0.2, -0.15) is 4.98 Å². The van der Waals surface area contributed by atoms with Crippen molar-refractivity contribution in [3.63, 3.8) is 0 Å². The van der Waals surface area contributed by atoms with Crippen LogP contribution in [0.2, 0.25) is 5.02 Å². The largest absolute Gasteiger partial charge is 0.368 e. The second-order valence-electron chi connectivity index (χ2n) is 4.49. The lowest BCUT2D eigenvalue weighted by molar-refractivity contribution is 0.333. The predicted molar refractivity (Wildman–Crippen MR) is 71.7 cm³/mol. The number of anilines is 2. The third kappa shape index (κ3) is 3.46. The average molecular weight is 255 g/mol. The van der Waals surface area contributed by atoms with Crippen molar-refractivity contribution >= 4 is 23.4 Å². The molecule has 1 heterocycles. The minimum Gasteiger partial charge on any atom is -0.368 e. The Morgan fingerprint density at radius 1 is 1.41 bits per heavy atom. The Morgan fingerprint density at radius 3 is 2.88 bits per heavy atom. The molecule has 2 rings (SSSR count). The van der Waals surface area contributed by atoms with Crippen LogP contribution in [-0.2, 0) is 0 Å². The van der Waals surface area contributed by atoms with Crippen LogP contribution in [0, 0.1) is 5.92 Å². The normalized spacial score (nSPS) is 15.4. The fraction of sp³-hybridized carbons (Fsp3) is 0.667. The molecule has 0 saturated heterocycles. The van der Waals surface area contributed by atoms with E-state index in [4.69, 9.17) is 11.6 Å². The van der Waals surface area contributed by atoms with Crippen LogP contribution in [0.5, 0.6) is 0 Å². The van der Waals surface area contributed by atoms with Crippen LogP contribution in [0.1, 0.15) is 32.6 Å². The fourth-order valence-electron chi connectivity index (χ4n) is 1.75. The maximum Gasteiger partial charge on any atom is 0.224 e. The first kappa shape index (κ1) is 12.4. The number of rotatable bonds is 6. The van der Waals surface area contributed by atoms with E-state index in [-0.39, 0.29) is 0 Å². The zero-order valence-corrected chi connectivity index (χ0v) is 10.9. The van der Waals surface area contributed by atoms with Crippen molar-refractivity contribution in [1.82, 2.24) is 9.97 Å². The number of halogens is 1. The van der Waals surface area contributed by atoms with Gasteiger partial charge in [-0.1, -0.05) is 24.9 Å². The third-order valence-corrected chi connectivity index (χ3v) is 3.34. The van der Waals surface area contributed by atoms with E-state index in [0.717, 1.165) is 31.2 Å². The molecule has 0 bridgehead atoms. The lowest BCUT2D eigenvalue weighted by Crippen LogP contribution is -2.21. The van der Waals surface area contributed by atoms with E-state index in [0.29, 0.717) is 11.0 Å². The Labute approximate surface area is 107 Å². The van der Waals surface area contributed by atoms with E-state index < -0.39 is 0 Å². The molecular weight excluding hydrogens is 236 g/mol. The second-order valence-corrected chi connectivity index (χ2v) is 4.90.